The summed E-state index contributed by atoms with van der Waals surface area (Å²) in [6, 6.07) is 28.5. The van der Waals surface area contributed by atoms with Gasteiger partial charge in [0.25, 0.3) is 0 Å². The predicted octanol–water partition coefficient (Wildman–Crippen LogP) is 4.89. The normalized spacial score (nSPS) is 9.95. The highest BCUT2D eigenvalue weighted by Crippen LogP contribution is 2.33. The van der Waals surface area contributed by atoms with Crippen molar-refractivity contribution in [2.45, 2.75) is 0 Å². The molecular weight excluding hydrogens is 242 g/mol. The molecule has 0 radical (unpaired) electrons. The van der Waals surface area contributed by atoms with Crippen molar-refractivity contribution in [3.63, 3.8) is 0 Å². The second kappa shape index (κ2) is 5.42. The standard InChI is InChI=1S/C19H13N/c20-14-16-10-4-5-12-18(16)19-13-7-6-11-17(19)15-8-2-1-3-9-15/h1-13H. The maximum absolute atomic E-state index is 9.29. The van der Waals surface area contributed by atoms with Gasteiger partial charge >= 0.3 is 0 Å². The molecule has 0 aliphatic carbocycles. The summed E-state index contributed by atoms with van der Waals surface area (Å²) in [5, 5.41) is 9.29. The van der Waals surface area contributed by atoms with Gasteiger partial charge in [-0.3, -0.25) is 0 Å². The molecule has 0 aliphatic rings. The van der Waals surface area contributed by atoms with Crippen LogP contribution in [0.2, 0.25) is 0 Å². The Balaban J connectivity index is 2.24. The first-order valence-electron chi connectivity index (χ1n) is 6.54. The Morgan fingerprint density at radius 2 is 1.10 bits per heavy atom. The minimum Gasteiger partial charge on any atom is -0.192 e. The van der Waals surface area contributed by atoms with Crippen LogP contribution >= 0.6 is 0 Å². The molecule has 0 heterocycles. The van der Waals surface area contributed by atoms with Crippen molar-refractivity contribution >= 4 is 0 Å². The zero-order chi connectivity index (χ0) is 13.8. The van der Waals surface area contributed by atoms with Gasteiger partial charge < -0.3 is 0 Å². The molecule has 3 aromatic rings. The van der Waals surface area contributed by atoms with E-state index < -0.39 is 0 Å². The third-order valence-electron chi connectivity index (χ3n) is 3.35. The maximum Gasteiger partial charge on any atom is 0.0998 e. The maximum atomic E-state index is 9.29. The van der Waals surface area contributed by atoms with E-state index in [2.05, 4.69) is 30.3 Å². The van der Waals surface area contributed by atoms with E-state index in [0.717, 1.165) is 22.3 Å². The second-order valence-corrected chi connectivity index (χ2v) is 4.57. The summed E-state index contributed by atoms with van der Waals surface area (Å²) in [4.78, 5) is 0. The molecule has 0 aromatic heterocycles. The first kappa shape index (κ1) is 12.2. The van der Waals surface area contributed by atoms with E-state index in [1.807, 2.05) is 54.6 Å². The van der Waals surface area contributed by atoms with Crippen LogP contribution in [0.1, 0.15) is 5.56 Å². The van der Waals surface area contributed by atoms with Crippen LogP contribution in [-0.4, -0.2) is 0 Å². The minimum absolute atomic E-state index is 0.705. The van der Waals surface area contributed by atoms with E-state index in [-0.39, 0.29) is 0 Å². The quantitative estimate of drug-likeness (QED) is 0.639. The molecule has 94 valence electrons. The van der Waals surface area contributed by atoms with Gasteiger partial charge in [0, 0.05) is 5.56 Å². The van der Waals surface area contributed by atoms with E-state index in [9.17, 15) is 5.26 Å². The molecule has 0 aliphatic heterocycles. The van der Waals surface area contributed by atoms with Gasteiger partial charge in [-0.1, -0.05) is 72.8 Å². The predicted molar refractivity (Wildman–Crippen MR) is 82.0 cm³/mol. The number of hydrogen-bond acceptors (Lipinski definition) is 1. The van der Waals surface area contributed by atoms with Crippen LogP contribution in [0, 0.1) is 11.3 Å². The highest BCUT2D eigenvalue weighted by atomic mass is 14.2. The monoisotopic (exact) mass is 255 g/mol. The van der Waals surface area contributed by atoms with Crippen molar-refractivity contribution in [3.05, 3.63) is 84.4 Å². The average molecular weight is 255 g/mol. The Labute approximate surface area is 118 Å². The Kier molecular flexibility index (Phi) is 3.31. The van der Waals surface area contributed by atoms with Crippen LogP contribution in [-0.2, 0) is 0 Å². The first-order valence-corrected chi connectivity index (χ1v) is 6.54. The third kappa shape index (κ3) is 2.20. The molecule has 0 saturated carbocycles. The zero-order valence-electron chi connectivity index (χ0n) is 11.0. The van der Waals surface area contributed by atoms with Crippen LogP contribution in [0.3, 0.4) is 0 Å². The van der Waals surface area contributed by atoms with Crippen LogP contribution in [0.5, 0.6) is 0 Å². The van der Waals surface area contributed by atoms with Crippen LogP contribution in [0.25, 0.3) is 22.3 Å². The van der Waals surface area contributed by atoms with Gasteiger partial charge in [0.2, 0.25) is 0 Å². The Morgan fingerprint density at radius 1 is 0.550 bits per heavy atom. The van der Waals surface area contributed by atoms with Gasteiger partial charge in [-0.25, -0.2) is 0 Å². The lowest BCUT2D eigenvalue weighted by molar-refractivity contribution is 1.48. The lowest BCUT2D eigenvalue weighted by Gasteiger charge is -2.11. The molecule has 0 spiro atoms. The van der Waals surface area contributed by atoms with Crippen LogP contribution in [0.15, 0.2) is 78.9 Å². The highest BCUT2D eigenvalue weighted by Gasteiger charge is 2.09. The van der Waals surface area contributed by atoms with Crippen molar-refractivity contribution in [3.8, 4) is 28.3 Å². The number of hydrogen-bond donors (Lipinski definition) is 0. The minimum atomic E-state index is 0.705. The Hall–Kier alpha value is -2.85. The Bertz CT molecular complexity index is 767. The number of benzene rings is 3. The van der Waals surface area contributed by atoms with Crippen LogP contribution < -0.4 is 0 Å². The molecule has 0 saturated heterocycles. The molecule has 0 amide bonds. The SMILES string of the molecule is N#Cc1ccccc1-c1ccccc1-c1ccccc1. The van der Waals surface area contributed by atoms with Gasteiger partial charge in [0.15, 0.2) is 0 Å². The van der Waals surface area contributed by atoms with Gasteiger partial charge in [-0.05, 0) is 22.8 Å². The molecule has 3 rings (SSSR count). The van der Waals surface area contributed by atoms with E-state index in [1.54, 1.807) is 0 Å². The van der Waals surface area contributed by atoms with Crippen molar-refractivity contribution in [1.82, 2.24) is 0 Å². The summed E-state index contributed by atoms with van der Waals surface area (Å²) in [6.45, 7) is 0. The fraction of sp³-hybridized carbons (Fsp3) is 0. The van der Waals surface area contributed by atoms with E-state index in [0.29, 0.717) is 5.56 Å². The first-order chi connectivity index (χ1) is 9.90. The zero-order valence-corrected chi connectivity index (χ0v) is 11.0. The summed E-state index contributed by atoms with van der Waals surface area (Å²) < 4.78 is 0. The molecule has 0 fully saturated rings. The smallest absolute Gasteiger partial charge is 0.0998 e. The van der Waals surface area contributed by atoms with Crippen molar-refractivity contribution in [2.75, 3.05) is 0 Å². The average Bonchev–Trinajstić information content (AvgIpc) is 2.55. The fourth-order valence-corrected chi connectivity index (χ4v) is 2.40. The number of nitrogens with zero attached hydrogens (tertiary/aromatic N) is 1. The van der Waals surface area contributed by atoms with Crippen LogP contribution in [0.4, 0.5) is 0 Å². The van der Waals surface area contributed by atoms with E-state index in [1.165, 1.54) is 0 Å². The van der Waals surface area contributed by atoms with Crippen molar-refractivity contribution in [2.24, 2.45) is 0 Å². The summed E-state index contributed by atoms with van der Waals surface area (Å²) in [7, 11) is 0. The molecule has 1 nitrogen and oxygen atoms in total. The molecule has 0 atom stereocenters. The van der Waals surface area contributed by atoms with Gasteiger partial charge in [-0.2, -0.15) is 5.26 Å². The van der Waals surface area contributed by atoms with Gasteiger partial charge in [-0.15, -0.1) is 0 Å². The summed E-state index contributed by atoms with van der Waals surface area (Å²) in [6.07, 6.45) is 0. The summed E-state index contributed by atoms with van der Waals surface area (Å²) in [5.74, 6) is 0. The molecule has 0 unspecified atom stereocenters. The second-order valence-electron chi connectivity index (χ2n) is 4.57. The molecule has 3 aromatic carbocycles. The number of nitriles is 1. The number of rotatable bonds is 2. The lowest BCUT2D eigenvalue weighted by Crippen LogP contribution is -1.88. The van der Waals surface area contributed by atoms with E-state index in [4.69, 9.17) is 0 Å². The molecular formula is C19H13N. The van der Waals surface area contributed by atoms with E-state index >= 15 is 0 Å². The Morgan fingerprint density at radius 3 is 1.80 bits per heavy atom. The summed E-state index contributed by atoms with van der Waals surface area (Å²) in [5.41, 5.74) is 5.09. The summed E-state index contributed by atoms with van der Waals surface area (Å²) >= 11 is 0. The largest absolute Gasteiger partial charge is 0.192 e. The van der Waals surface area contributed by atoms with Crippen molar-refractivity contribution in [1.29, 1.82) is 5.26 Å². The third-order valence-corrected chi connectivity index (χ3v) is 3.35. The van der Waals surface area contributed by atoms with Crippen molar-refractivity contribution < 1.29 is 0 Å². The molecule has 1 heteroatoms. The molecule has 0 N–H and O–H groups in total. The van der Waals surface area contributed by atoms with Gasteiger partial charge in [0.05, 0.1) is 11.6 Å². The fourth-order valence-electron chi connectivity index (χ4n) is 2.40. The van der Waals surface area contributed by atoms with Gasteiger partial charge in [0.1, 0.15) is 0 Å². The molecule has 20 heavy (non-hydrogen) atoms. The highest BCUT2D eigenvalue weighted by molar-refractivity contribution is 5.85. The molecule has 0 bridgehead atoms. The lowest BCUT2D eigenvalue weighted by atomic mass is 9.92. The topological polar surface area (TPSA) is 23.8 Å².